The molecule has 28 heavy (non-hydrogen) atoms. The molecular weight excluding hydrogens is 356 g/mol. The Kier molecular flexibility index (Phi) is 5.63. The molecule has 1 amide bonds. The lowest BCUT2D eigenvalue weighted by Gasteiger charge is -2.47. The van der Waals surface area contributed by atoms with Gasteiger partial charge in [0.1, 0.15) is 24.0 Å². The number of fused-ring (bicyclic) bond motifs is 1. The fourth-order valence-electron chi connectivity index (χ4n) is 3.88. The summed E-state index contributed by atoms with van der Waals surface area (Å²) in [7, 11) is 0. The van der Waals surface area contributed by atoms with Gasteiger partial charge in [-0.05, 0) is 25.7 Å². The van der Waals surface area contributed by atoms with Crippen LogP contribution in [0.3, 0.4) is 0 Å². The lowest BCUT2D eigenvalue weighted by atomic mass is 9.64. The number of amides is 1. The van der Waals surface area contributed by atoms with Crippen LogP contribution < -0.4 is 4.74 Å². The van der Waals surface area contributed by atoms with Crippen molar-refractivity contribution in [3.63, 3.8) is 0 Å². The summed E-state index contributed by atoms with van der Waals surface area (Å²) in [5, 5.41) is 19.0. The largest absolute Gasteiger partial charge is 0.490 e. The normalized spacial score (nSPS) is 21.7. The predicted octanol–water partition coefficient (Wildman–Crippen LogP) is 2.40. The number of hydrazone groups is 2. The van der Waals surface area contributed by atoms with Crippen molar-refractivity contribution in [3.05, 3.63) is 23.5 Å². The van der Waals surface area contributed by atoms with Crippen LogP contribution in [0.5, 0.6) is 5.75 Å². The summed E-state index contributed by atoms with van der Waals surface area (Å²) in [5.74, 6) is 0.875. The average Bonchev–Trinajstić information content (AvgIpc) is 2.87. The summed E-state index contributed by atoms with van der Waals surface area (Å²) in [6.07, 6.45) is 6.54. The van der Waals surface area contributed by atoms with Crippen molar-refractivity contribution in [1.29, 1.82) is 5.26 Å². The summed E-state index contributed by atoms with van der Waals surface area (Å²) >= 11 is 0. The second kappa shape index (κ2) is 7.97. The molecule has 0 bridgehead atoms. The van der Waals surface area contributed by atoms with Gasteiger partial charge in [-0.3, -0.25) is 9.78 Å². The van der Waals surface area contributed by atoms with Gasteiger partial charge in [0.2, 0.25) is 5.91 Å². The van der Waals surface area contributed by atoms with Crippen LogP contribution in [0, 0.1) is 22.7 Å². The second-order valence-corrected chi connectivity index (χ2v) is 7.74. The summed E-state index contributed by atoms with van der Waals surface area (Å²) < 4.78 is 5.76. The highest BCUT2D eigenvalue weighted by Crippen LogP contribution is 2.45. The van der Waals surface area contributed by atoms with Crippen molar-refractivity contribution in [2.75, 3.05) is 13.2 Å². The molecule has 1 fully saturated rings. The van der Waals surface area contributed by atoms with E-state index >= 15 is 0 Å². The second-order valence-electron chi connectivity index (χ2n) is 7.74. The first kappa shape index (κ1) is 19.8. The van der Waals surface area contributed by atoms with E-state index in [1.807, 2.05) is 25.7 Å². The van der Waals surface area contributed by atoms with Crippen LogP contribution in [-0.4, -0.2) is 53.0 Å². The number of hydrogen-bond acceptors (Lipinski definition) is 7. The molecule has 0 aromatic carbocycles. The smallest absolute Gasteiger partial charge is 0.228 e. The number of aromatic nitrogens is 1. The Hall–Kier alpha value is -2.95. The molecule has 8 heteroatoms. The Morgan fingerprint density at radius 1 is 1.50 bits per heavy atom. The van der Waals surface area contributed by atoms with Gasteiger partial charge >= 0.3 is 0 Å². The number of pyridine rings is 1. The number of ether oxygens (including phenoxy) is 1. The number of carbonyl (C=O) groups is 1. The SMILES string of the molecule is C=NN(/N=C\C)C1CC(C(C)(C)C(=O)N2CCOc3c(C#N)cncc3C2)C1. The van der Waals surface area contributed by atoms with Crippen molar-refractivity contribution >= 4 is 18.8 Å². The summed E-state index contributed by atoms with van der Waals surface area (Å²) in [6.45, 7) is 10.7. The minimum atomic E-state index is -0.510. The standard InChI is InChI=1S/C20H26N6O2/c1-5-24-26(22-4)17-8-16(9-17)20(2,3)19(27)25-6-7-28-18-14(10-21)11-23-12-15(18)13-25/h5,11-12,16-17H,4,6-9,13H2,1-3H3/b24-5-. The molecular formula is C20H26N6O2. The lowest BCUT2D eigenvalue weighted by molar-refractivity contribution is -0.148. The van der Waals surface area contributed by atoms with Crippen LogP contribution in [0.1, 0.15) is 44.7 Å². The van der Waals surface area contributed by atoms with Crippen molar-refractivity contribution in [2.45, 2.75) is 46.2 Å². The Balaban J connectivity index is 1.71. The van der Waals surface area contributed by atoms with Gasteiger partial charge in [0, 0.05) is 36.3 Å². The van der Waals surface area contributed by atoms with E-state index < -0.39 is 5.41 Å². The quantitative estimate of drug-likeness (QED) is 0.576. The van der Waals surface area contributed by atoms with Crippen LogP contribution in [0.25, 0.3) is 0 Å². The number of carbonyl (C=O) groups excluding carboxylic acids is 1. The molecule has 148 valence electrons. The van der Waals surface area contributed by atoms with E-state index in [1.165, 1.54) is 6.20 Å². The fraction of sp³-hybridized carbons (Fsp3) is 0.550. The van der Waals surface area contributed by atoms with Crippen LogP contribution in [-0.2, 0) is 11.3 Å². The van der Waals surface area contributed by atoms with E-state index in [1.54, 1.807) is 17.5 Å². The first-order chi connectivity index (χ1) is 13.4. The fourth-order valence-corrected chi connectivity index (χ4v) is 3.88. The molecule has 1 aromatic heterocycles. The zero-order valence-electron chi connectivity index (χ0n) is 16.6. The average molecular weight is 382 g/mol. The molecule has 0 radical (unpaired) electrons. The van der Waals surface area contributed by atoms with Gasteiger partial charge in [0.25, 0.3) is 0 Å². The van der Waals surface area contributed by atoms with Crippen molar-refractivity contribution in [1.82, 2.24) is 15.0 Å². The van der Waals surface area contributed by atoms with E-state index in [4.69, 9.17) is 4.74 Å². The summed E-state index contributed by atoms with van der Waals surface area (Å²) in [6, 6.07) is 2.29. The minimum absolute atomic E-state index is 0.0897. The van der Waals surface area contributed by atoms with Gasteiger partial charge in [-0.25, -0.2) is 0 Å². The third kappa shape index (κ3) is 3.57. The molecule has 0 unspecified atom stereocenters. The van der Waals surface area contributed by atoms with Crippen molar-refractivity contribution < 1.29 is 9.53 Å². The van der Waals surface area contributed by atoms with Crippen LogP contribution >= 0.6 is 0 Å². The number of hydrogen-bond donors (Lipinski definition) is 0. The number of rotatable bonds is 5. The van der Waals surface area contributed by atoms with E-state index in [9.17, 15) is 10.1 Å². The van der Waals surface area contributed by atoms with E-state index in [-0.39, 0.29) is 17.9 Å². The first-order valence-corrected chi connectivity index (χ1v) is 9.46. The molecule has 0 N–H and O–H groups in total. The highest BCUT2D eigenvalue weighted by Gasteiger charge is 2.48. The van der Waals surface area contributed by atoms with Crippen LogP contribution in [0.4, 0.5) is 0 Å². The van der Waals surface area contributed by atoms with Crippen LogP contribution in [0.15, 0.2) is 22.6 Å². The van der Waals surface area contributed by atoms with Gasteiger partial charge in [-0.2, -0.15) is 20.6 Å². The van der Waals surface area contributed by atoms with Crippen molar-refractivity contribution in [3.8, 4) is 11.8 Å². The van der Waals surface area contributed by atoms with Gasteiger partial charge < -0.3 is 9.64 Å². The molecule has 1 aliphatic heterocycles. The topological polar surface area (TPSA) is 94.2 Å². The Labute approximate surface area is 165 Å². The first-order valence-electron chi connectivity index (χ1n) is 9.46. The zero-order chi connectivity index (χ0) is 20.3. The molecule has 1 aliphatic carbocycles. The van der Waals surface area contributed by atoms with Gasteiger partial charge in [-0.15, -0.1) is 0 Å². The zero-order valence-corrected chi connectivity index (χ0v) is 16.6. The van der Waals surface area contributed by atoms with E-state index in [0.29, 0.717) is 31.0 Å². The Morgan fingerprint density at radius 2 is 2.25 bits per heavy atom. The summed E-state index contributed by atoms with van der Waals surface area (Å²) in [5.41, 5.74) is 0.664. The van der Waals surface area contributed by atoms with Crippen molar-refractivity contribution in [2.24, 2.45) is 21.5 Å². The highest BCUT2D eigenvalue weighted by atomic mass is 16.5. The Morgan fingerprint density at radius 3 is 2.89 bits per heavy atom. The molecule has 3 rings (SSSR count). The third-order valence-corrected chi connectivity index (χ3v) is 5.74. The molecule has 1 saturated carbocycles. The Bertz CT molecular complexity index is 822. The van der Waals surface area contributed by atoms with E-state index in [0.717, 1.165) is 18.4 Å². The van der Waals surface area contributed by atoms with Gasteiger partial charge in [0.05, 0.1) is 19.1 Å². The molecule has 0 atom stereocenters. The number of nitrogens with zero attached hydrogens (tertiary/aromatic N) is 6. The predicted molar refractivity (Wildman–Crippen MR) is 106 cm³/mol. The van der Waals surface area contributed by atoms with Gasteiger partial charge in [-0.1, -0.05) is 13.8 Å². The maximum Gasteiger partial charge on any atom is 0.228 e. The molecule has 1 aromatic rings. The van der Waals surface area contributed by atoms with Gasteiger partial charge in [0.15, 0.2) is 0 Å². The maximum absolute atomic E-state index is 13.3. The molecule has 8 nitrogen and oxygen atoms in total. The molecule has 2 aliphatic rings. The lowest BCUT2D eigenvalue weighted by Crippen LogP contribution is -2.52. The molecule has 0 saturated heterocycles. The van der Waals surface area contributed by atoms with Crippen LogP contribution in [0.2, 0.25) is 0 Å². The monoisotopic (exact) mass is 382 g/mol. The van der Waals surface area contributed by atoms with E-state index in [2.05, 4.69) is 28.0 Å². The maximum atomic E-state index is 13.3. The summed E-state index contributed by atoms with van der Waals surface area (Å²) in [4.78, 5) is 19.3. The molecule has 0 spiro atoms. The number of nitriles is 1. The third-order valence-electron chi connectivity index (χ3n) is 5.74. The minimum Gasteiger partial charge on any atom is -0.490 e. The molecule has 2 heterocycles. The highest BCUT2D eigenvalue weighted by molar-refractivity contribution is 5.82.